The highest BCUT2D eigenvalue weighted by molar-refractivity contribution is 5.88. The maximum Gasteiger partial charge on any atom is 0.335 e. The minimum absolute atomic E-state index is 0.0450. The zero-order valence-electron chi connectivity index (χ0n) is 22.6. The maximum atomic E-state index is 11.3. The second-order valence-electron chi connectivity index (χ2n) is 11.6. The van der Waals surface area contributed by atoms with Crippen molar-refractivity contribution in [2.45, 2.75) is 43.9 Å². The Morgan fingerprint density at radius 1 is 1.03 bits per heavy atom. The number of carboxylic acid groups (broad SMARTS) is 1. The second kappa shape index (κ2) is 10.3. The van der Waals surface area contributed by atoms with Crippen molar-refractivity contribution in [1.82, 2.24) is 9.78 Å². The number of aromatic nitrogens is 2. The number of carboxylic acids is 1. The quantitative estimate of drug-likeness (QED) is 0.258. The average molecular weight is 533 g/mol. The van der Waals surface area contributed by atoms with E-state index in [4.69, 9.17) is 19.3 Å². The average Bonchev–Trinajstić information content (AvgIpc) is 3.29. The van der Waals surface area contributed by atoms with Gasteiger partial charge in [0.25, 0.3) is 0 Å². The van der Waals surface area contributed by atoms with E-state index in [9.17, 15) is 15.0 Å². The van der Waals surface area contributed by atoms with Crippen LogP contribution in [0.25, 0.3) is 22.5 Å². The van der Waals surface area contributed by atoms with E-state index in [-0.39, 0.29) is 23.5 Å². The van der Waals surface area contributed by atoms with Gasteiger partial charge in [0.2, 0.25) is 0 Å². The van der Waals surface area contributed by atoms with E-state index in [0.717, 1.165) is 53.8 Å². The molecule has 8 heteroatoms. The summed E-state index contributed by atoms with van der Waals surface area (Å²) in [6.45, 7) is 1.04. The van der Waals surface area contributed by atoms with Crippen molar-refractivity contribution in [2.75, 3.05) is 27.1 Å². The first-order chi connectivity index (χ1) is 18.8. The van der Waals surface area contributed by atoms with Crippen LogP contribution in [0.1, 0.15) is 54.4 Å². The molecule has 4 bridgehead atoms. The van der Waals surface area contributed by atoms with Gasteiger partial charge in [0.15, 0.2) is 6.79 Å². The van der Waals surface area contributed by atoms with Crippen molar-refractivity contribution >= 4 is 5.97 Å². The van der Waals surface area contributed by atoms with Gasteiger partial charge in [0, 0.05) is 31.4 Å². The summed E-state index contributed by atoms with van der Waals surface area (Å²) in [6.07, 6.45) is 7.49. The minimum Gasteiger partial charge on any atom is -0.507 e. The Morgan fingerprint density at radius 2 is 1.69 bits per heavy atom. The minimum atomic E-state index is -0.958. The zero-order chi connectivity index (χ0) is 27.1. The molecule has 0 unspecified atom stereocenters. The van der Waals surface area contributed by atoms with E-state index in [0.29, 0.717) is 30.2 Å². The molecule has 2 N–H and O–H groups in total. The van der Waals surface area contributed by atoms with Crippen LogP contribution in [0.15, 0.2) is 42.5 Å². The van der Waals surface area contributed by atoms with E-state index in [1.807, 2.05) is 13.1 Å². The van der Waals surface area contributed by atoms with Crippen molar-refractivity contribution in [1.29, 1.82) is 0 Å². The van der Waals surface area contributed by atoms with E-state index in [2.05, 4.69) is 6.07 Å². The number of ether oxygens (including phenoxy) is 3. The summed E-state index contributed by atoms with van der Waals surface area (Å²) in [5, 5.41) is 25.2. The van der Waals surface area contributed by atoms with Gasteiger partial charge in [-0.25, -0.2) is 4.79 Å². The molecule has 0 atom stereocenters. The van der Waals surface area contributed by atoms with Crippen molar-refractivity contribution in [3.8, 4) is 34.0 Å². The fraction of sp³-hybridized carbons (Fsp3) is 0.484. The van der Waals surface area contributed by atoms with Gasteiger partial charge in [-0.15, -0.1) is 0 Å². The number of aromatic hydroxyl groups is 1. The summed E-state index contributed by atoms with van der Waals surface area (Å²) in [4.78, 5) is 11.3. The van der Waals surface area contributed by atoms with Gasteiger partial charge in [-0.2, -0.15) is 5.10 Å². The highest BCUT2D eigenvalue weighted by Crippen LogP contribution is 2.62. The number of methoxy groups -OCH3 is 1. The number of carbonyl (C=O) groups is 1. The molecule has 0 amide bonds. The lowest BCUT2D eigenvalue weighted by molar-refractivity contribution is -0.0190. The van der Waals surface area contributed by atoms with Crippen LogP contribution >= 0.6 is 0 Å². The second-order valence-corrected chi connectivity index (χ2v) is 11.6. The van der Waals surface area contributed by atoms with Crippen LogP contribution in [0.2, 0.25) is 0 Å². The number of rotatable bonds is 10. The normalized spacial score (nSPS) is 25.2. The summed E-state index contributed by atoms with van der Waals surface area (Å²) in [5.41, 5.74) is 4.48. The first kappa shape index (κ1) is 25.9. The van der Waals surface area contributed by atoms with Gasteiger partial charge < -0.3 is 24.4 Å². The molecule has 8 nitrogen and oxygen atoms in total. The fourth-order valence-corrected chi connectivity index (χ4v) is 7.71. The lowest BCUT2D eigenvalue weighted by atomic mass is 9.48. The molecule has 0 spiro atoms. The largest absolute Gasteiger partial charge is 0.507 e. The molecule has 4 fully saturated rings. The zero-order valence-corrected chi connectivity index (χ0v) is 22.6. The van der Waals surface area contributed by atoms with Gasteiger partial charge >= 0.3 is 5.97 Å². The number of phenols is 1. The predicted molar refractivity (Wildman–Crippen MR) is 146 cm³/mol. The third-order valence-electron chi connectivity index (χ3n) is 9.02. The third kappa shape index (κ3) is 4.92. The smallest absolute Gasteiger partial charge is 0.335 e. The predicted octanol–water partition coefficient (Wildman–Crippen LogP) is 5.63. The molecule has 2 aromatic carbocycles. The van der Waals surface area contributed by atoms with Gasteiger partial charge in [0.1, 0.15) is 11.5 Å². The van der Waals surface area contributed by atoms with Crippen molar-refractivity contribution in [3.05, 3.63) is 53.6 Å². The van der Waals surface area contributed by atoms with E-state index < -0.39 is 5.97 Å². The third-order valence-corrected chi connectivity index (χ3v) is 9.02. The highest BCUT2D eigenvalue weighted by atomic mass is 16.7. The molecule has 39 heavy (non-hydrogen) atoms. The molecule has 4 saturated carbocycles. The molecule has 0 aliphatic heterocycles. The first-order valence-corrected chi connectivity index (χ1v) is 13.8. The van der Waals surface area contributed by atoms with Crippen LogP contribution in [0, 0.1) is 17.8 Å². The van der Waals surface area contributed by atoms with E-state index in [1.54, 1.807) is 42.1 Å². The molecule has 4 aliphatic rings. The molecule has 4 aliphatic carbocycles. The van der Waals surface area contributed by atoms with Crippen LogP contribution in [0.4, 0.5) is 0 Å². The van der Waals surface area contributed by atoms with Gasteiger partial charge in [-0.1, -0.05) is 12.1 Å². The lowest BCUT2D eigenvalue weighted by Gasteiger charge is -2.57. The van der Waals surface area contributed by atoms with Crippen LogP contribution in [0.3, 0.4) is 0 Å². The van der Waals surface area contributed by atoms with Crippen LogP contribution < -0.4 is 4.74 Å². The summed E-state index contributed by atoms with van der Waals surface area (Å²) >= 11 is 0. The lowest BCUT2D eigenvalue weighted by Crippen LogP contribution is -2.48. The number of nitrogens with zero attached hydrogens (tertiary/aromatic N) is 2. The Kier molecular flexibility index (Phi) is 6.85. The standard InChI is InChI=1S/C31H36N2O6/c1-33-27(22-3-5-23(6-4-22)30(35)36)13-26(32-33)24-12-25(29(14-28(24)34)39-18-38-8-7-37-2)31-15-19-9-20(16-31)11-21(10-19)17-31/h3-6,12-14,19-21,34H,7-11,15-18H2,1-2H3,(H,35,36). The Morgan fingerprint density at radius 3 is 2.31 bits per heavy atom. The highest BCUT2D eigenvalue weighted by Gasteiger charge is 2.52. The molecule has 0 saturated heterocycles. The molecular weight excluding hydrogens is 496 g/mol. The van der Waals surface area contributed by atoms with Crippen molar-refractivity contribution in [3.63, 3.8) is 0 Å². The van der Waals surface area contributed by atoms with Crippen LogP contribution in [0.5, 0.6) is 11.5 Å². The summed E-state index contributed by atoms with van der Waals surface area (Å²) in [5.74, 6) is 2.12. The number of hydrogen-bond acceptors (Lipinski definition) is 6. The SMILES string of the molecule is COCCOCOc1cc(O)c(-c2cc(-c3ccc(C(=O)O)cc3)n(C)n2)cc1C12CC3CC(CC(C3)C1)C2. The van der Waals surface area contributed by atoms with E-state index >= 15 is 0 Å². The Labute approximate surface area is 228 Å². The van der Waals surface area contributed by atoms with Crippen LogP contribution in [-0.2, 0) is 21.9 Å². The van der Waals surface area contributed by atoms with Crippen molar-refractivity contribution < 1.29 is 29.2 Å². The first-order valence-electron chi connectivity index (χ1n) is 13.8. The Bertz CT molecular complexity index is 1330. The number of hydrogen-bond donors (Lipinski definition) is 2. The molecule has 1 heterocycles. The summed E-state index contributed by atoms with van der Waals surface area (Å²) in [7, 11) is 3.50. The molecule has 1 aromatic heterocycles. The Balaban J connectivity index is 1.37. The number of benzene rings is 2. The van der Waals surface area contributed by atoms with Crippen LogP contribution in [-0.4, -0.2) is 53.1 Å². The van der Waals surface area contributed by atoms with Gasteiger partial charge in [0.05, 0.1) is 30.2 Å². The molecule has 0 radical (unpaired) electrons. The molecule has 206 valence electrons. The number of aryl methyl sites for hydroxylation is 1. The van der Waals surface area contributed by atoms with E-state index in [1.165, 1.54) is 19.3 Å². The van der Waals surface area contributed by atoms with Gasteiger partial charge in [-0.05, 0) is 91.5 Å². The van der Waals surface area contributed by atoms with Crippen molar-refractivity contribution in [2.24, 2.45) is 24.8 Å². The number of aromatic carboxylic acids is 1. The van der Waals surface area contributed by atoms with Gasteiger partial charge in [-0.3, -0.25) is 4.68 Å². The molecule has 7 rings (SSSR count). The summed E-state index contributed by atoms with van der Waals surface area (Å²) in [6, 6.07) is 12.5. The molecular formula is C31H36N2O6. The monoisotopic (exact) mass is 532 g/mol. The number of phenolic OH excluding ortho intramolecular Hbond substituents is 1. The Hall–Kier alpha value is -3.36. The topological polar surface area (TPSA) is 103 Å². The summed E-state index contributed by atoms with van der Waals surface area (Å²) < 4.78 is 18.6. The molecule has 3 aromatic rings. The fourth-order valence-electron chi connectivity index (χ4n) is 7.71. The maximum absolute atomic E-state index is 11.3.